The number of aryl methyl sites for hydroxylation is 1. The maximum Gasteiger partial charge on any atom is 0.203 e. The summed E-state index contributed by atoms with van der Waals surface area (Å²) in [4.78, 5) is 0. The van der Waals surface area contributed by atoms with Crippen molar-refractivity contribution in [1.29, 1.82) is 0 Å². The molecule has 0 heterocycles. The Morgan fingerprint density at radius 2 is 1.00 bits per heavy atom. The maximum atomic E-state index is 13.2. The molecule has 0 aliphatic rings. The Bertz CT molecular complexity index is 625. The monoisotopic (exact) mass is 352 g/mol. The summed E-state index contributed by atoms with van der Waals surface area (Å²) in [5, 5.41) is 0. The van der Waals surface area contributed by atoms with Gasteiger partial charge in [-0.3, -0.25) is 0 Å². The molecule has 2 aromatic rings. The van der Waals surface area contributed by atoms with Crippen LogP contribution in [0.1, 0.15) is 27.8 Å². The van der Waals surface area contributed by atoms with Crippen molar-refractivity contribution in [2.45, 2.75) is 34.6 Å². The Hall–Kier alpha value is -2.30. The standard InChI is InChI=1S/C10H12F2.C10H14O3/c1-5-6(2)9(11)8(4)10(12)7(5)3;1-7-5-8(11-2)10(13-4)9(6-7)12-3/h1-4H3;5-6H,1-4H3. The van der Waals surface area contributed by atoms with Crippen LogP contribution in [-0.2, 0) is 0 Å². The van der Waals surface area contributed by atoms with Crippen molar-refractivity contribution in [3.05, 3.63) is 51.6 Å². The second kappa shape index (κ2) is 8.70. The van der Waals surface area contributed by atoms with Gasteiger partial charge in [-0.1, -0.05) is 0 Å². The summed E-state index contributed by atoms with van der Waals surface area (Å²) in [7, 11) is 4.81. The fourth-order valence-electron chi connectivity index (χ4n) is 2.48. The molecule has 0 saturated carbocycles. The van der Waals surface area contributed by atoms with Gasteiger partial charge < -0.3 is 14.2 Å². The second-order valence-electron chi connectivity index (χ2n) is 5.83. The number of rotatable bonds is 3. The van der Waals surface area contributed by atoms with E-state index in [9.17, 15) is 8.78 Å². The number of hydrogen-bond acceptors (Lipinski definition) is 3. The summed E-state index contributed by atoms with van der Waals surface area (Å²) in [6.07, 6.45) is 0. The van der Waals surface area contributed by atoms with Crippen LogP contribution >= 0.6 is 0 Å². The van der Waals surface area contributed by atoms with E-state index >= 15 is 0 Å². The Kier molecular flexibility index (Phi) is 7.22. The van der Waals surface area contributed by atoms with Crippen molar-refractivity contribution >= 4 is 0 Å². The molecule has 0 spiro atoms. The van der Waals surface area contributed by atoms with Gasteiger partial charge >= 0.3 is 0 Å². The van der Waals surface area contributed by atoms with Gasteiger partial charge in [-0.2, -0.15) is 0 Å². The Morgan fingerprint density at radius 3 is 1.32 bits per heavy atom. The van der Waals surface area contributed by atoms with Crippen LogP contribution in [0.25, 0.3) is 0 Å². The molecule has 0 aliphatic heterocycles. The highest BCUT2D eigenvalue weighted by Crippen LogP contribution is 2.37. The third kappa shape index (κ3) is 4.41. The van der Waals surface area contributed by atoms with Crippen LogP contribution in [0.4, 0.5) is 8.78 Å². The van der Waals surface area contributed by atoms with Crippen LogP contribution in [0.15, 0.2) is 12.1 Å². The lowest BCUT2D eigenvalue weighted by atomic mass is 9.99. The van der Waals surface area contributed by atoms with Crippen LogP contribution in [-0.4, -0.2) is 21.3 Å². The normalized spacial score (nSPS) is 10.0. The molecule has 138 valence electrons. The number of benzene rings is 2. The molecule has 3 nitrogen and oxygen atoms in total. The lowest BCUT2D eigenvalue weighted by Crippen LogP contribution is -2.00. The first-order valence-corrected chi connectivity index (χ1v) is 7.87. The average Bonchev–Trinajstić information content (AvgIpc) is 2.62. The number of ether oxygens (including phenoxy) is 3. The second-order valence-corrected chi connectivity index (χ2v) is 5.83. The SMILES string of the molecule is COc1cc(C)cc(OC)c1OC.Cc1c(C)c(F)c(C)c(F)c1C. The highest BCUT2D eigenvalue weighted by Gasteiger charge is 2.13. The Balaban J connectivity index is 0.000000251. The molecule has 0 amide bonds. The minimum Gasteiger partial charge on any atom is -0.493 e. The van der Waals surface area contributed by atoms with Gasteiger partial charge in [0.05, 0.1) is 21.3 Å². The van der Waals surface area contributed by atoms with Crippen LogP contribution in [0.3, 0.4) is 0 Å². The predicted octanol–water partition coefficient (Wildman–Crippen LogP) is 5.22. The van der Waals surface area contributed by atoms with E-state index in [1.807, 2.05) is 19.1 Å². The van der Waals surface area contributed by atoms with E-state index in [1.165, 1.54) is 6.92 Å². The molecule has 0 fully saturated rings. The van der Waals surface area contributed by atoms with E-state index in [4.69, 9.17) is 14.2 Å². The van der Waals surface area contributed by atoms with Gasteiger partial charge in [0.25, 0.3) is 0 Å². The fraction of sp³-hybridized carbons (Fsp3) is 0.400. The van der Waals surface area contributed by atoms with Crippen molar-refractivity contribution in [2.75, 3.05) is 21.3 Å². The van der Waals surface area contributed by atoms with E-state index < -0.39 is 11.6 Å². The summed E-state index contributed by atoms with van der Waals surface area (Å²) >= 11 is 0. The van der Waals surface area contributed by atoms with Gasteiger partial charge in [-0.15, -0.1) is 0 Å². The first-order chi connectivity index (χ1) is 11.7. The smallest absolute Gasteiger partial charge is 0.203 e. The zero-order valence-electron chi connectivity index (χ0n) is 16.1. The summed E-state index contributed by atoms with van der Waals surface area (Å²) in [6.45, 7) is 8.51. The van der Waals surface area contributed by atoms with Crippen LogP contribution in [0.5, 0.6) is 17.2 Å². The minimum absolute atomic E-state index is 0.121. The highest BCUT2D eigenvalue weighted by molar-refractivity contribution is 5.53. The highest BCUT2D eigenvalue weighted by atomic mass is 19.1. The van der Waals surface area contributed by atoms with E-state index in [0.717, 1.165) is 5.56 Å². The minimum atomic E-state index is -0.421. The van der Waals surface area contributed by atoms with Crippen molar-refractivity contribution < 1.29 is 23.0 Å². The molecule has 0 unspecified atom stereocenters. The van der Waals surface area contributed by atoms with E-state index in [0.29, 0.717) is 33.9 Å². The zero-order chi connectivity index (χ0) is 19.3. The largest absolute Gasteiger partial charge is 0.493 e. The van der Waals surface area contributed by atoms with Gasteiger partial charge in [-0.25, -0.2) is 8.78 Å². The molecule has 0 N–H and O–H groups in total. The van der Waals surface area contributed by atoms with Crippen molar-refractivity contribution in [1.82, 2.24) is 0 Å². The first kappa shape index (κ1) is 20.7. The zero-order valence-corrected chi connectivity index (χ0v) is 16.1. The van der Waals surface area contributed by atoms with Gasteiger partial charge in [0.1, 0.15) is 11.6 Å². The fourth-order valence-corrected chi connectivity index (χ4v) is 2.48. The van der Waals surface area contributed by atoms with Crippen molar-refractivity contribution in [2.24, 2.45) is 0 Å². The van der Waals surface area contributed by atoms with E-state index in [1.54, 1.807) is 42.1 Å². The van der Waals surface area contributed by atoms with Gasteiger partial charge in [0.2, 0.25) is 5.75 Å². The third-order valence-corrected chi connectivity index (χ3v) is 4.25. The average molecular weight is 352 g/mol. The van der Waals surface area contributed by atoms with E-state index in [2.05, 4.69) is 0 Å². The number of hydrogen-bond donors (Lipinski definition) is 0. The maximum absolute atomic E-state index is 13.2. The molecular formula is C20H26F2O3. The Labute approximate surface area is 148 Å². The van der Waals surface area contributed by atoms with Crippen LogP contribution < -0.4 is 14.2 Å². The van der Waals surface area contributed by atoms with Crippen molar-refractivity contribution in [3.8, 4) is 17.2 Å². The van der Waals surface area contributed by atoms with Crippen molar-refractivity contribution in [3.63, 3.8) is 0 Å². The molecular weight excluding hydrogens is 326 g/mol. The predicted molar refractivity (Wildman–Crippen MR) is 96.1 cm³/mol. The molecule has 25 heavy (non-hydrogen) atoms. The van der Waals surface area contributed by atoms with Gasteiger partial charge in [0, 0.05) is 5.56 Å². The van der Waals surface area contributed by atoms with Crippen LogP contribution in [0.2, 0.25) is 0 Å². The molecule has 0 saturated heterocycles. The molecule has 0 radical (unpaired) electrons. The lowest BCUT2D eigenvalue weighted by molar-refractivity contribution is 0.324. The summed E-state index contributed by atoms with van der Waals surface area (Å²) in [5.41, 5.74) is 3.00. The molecule has 0 bridgehead atoms. The van der Waals surface area contributed by atoms with Crippen LogP contribution in [0, 0.1) is 46.3 Å². The topological polar surface area (TPSA) is 27.7 Å². The molecule has 0 aromatic heterocycles. The quantitative estimate of drug-likeness (QED) is 0.758. The molecule has 2 aromatic carbocycles. The summed E-state index contributed by atoms with van der Waals surface area (Å²) < 4.78 is 41.9. The van der Waals surface area contributed by atoms with E-state index in [-0.39, 0.29) is 5.56 Å². The number of halogens is 2. The molecule has 0 atom stereocenters. The van der Waals surface area contributed by atoms with Gasteiger partial charge in [-0.05, 0) is 69.0 Å². The summed E-state index contributed by atoms with van der Waals surface area (Å²) in [6, 6.07) is 3.81. The Morgan fingerprint density at radius 1 is 0.600 bits per heavy atom. The third-order valence-electron chi connectivity index (χ3n) is 4.25. The summed E-state index contributed by atoms with van der Waals surface area (Å²) in [5.74, 6) is 1.18. The van der Waals surface area contributed by atoms with Gasteiger partial charge in [0.15, 0.2) is 11.5 Å². The molecule has 5 heteroatoms. The first-order valence-electron chi connectivity index (χ1n) is 7.87. The molecule has 2 rings (SSSR count). The molecule has 0 aliphatic carbocycles. The lowest BCUT2D eigenvalue weighted by Gasteiger charge is -2.12. The number of methoxy groups -OCH3 is 3.